The Bertz CT molecular complexity index is 1230. The van der Waals surface area contributed by atoms with Gasteiger partial charge in [0.05, 0.1) is 24.7 Å². The van der Waals surface area contributed by atoms with Crippen molar-refractivity contribution in [3.8, 4) is 5.69 Å². The van der Waals surface area contributed by atoms with Crippen LogP contribution >= 0.6 is 0 Å². The second kappa shape index (κ2) is 11.2. The van der Waals surface area contributed by atoms with Crippen LogP contribution in [0.25, 0.3) is 11.8 Å². The maximum Gasteiger partial charge on any atom is 0.339 e. The lowest BCUT2D eigenvalue weighted by molar-refractivity contribution is -0.150. The third kappa shape index (κ3) is 5.74. The average Bonchev–Trinajstić information content (AvgIpc) is 3.46. The van der Waals surface area contributed by atoms with Crippen molar-refractivity contribution < 1.29 is 24.1 Å². The van der Waals surface area contributed by atoms with Gasteiger partial charge in [-0.1, -0.05) is 36.8 Å². The number of hydrogen-bond acceptors (Lipinski definition) is 5. The van der Waals surface area contributed by atoms with Crippen molar-refractivity contribution >= 4 is 12.0 Å². The van der Waals surface area contributed by atoms with Gasteiger partial charge in [0, 0.05) is 12.2 Å². The quantitative estimate of drug-likeness (QED) is 0.413. The van der Waals surface area contributed by atoms with E-state index in [1.807, 2.05) is 18.2 Å². The van der Waals surface area contributed by atoms with Gasteiger partial charge in [0.15, 0.2) is 6.10 Å². The summed E-state index contributed by atoms with van der Waals surface area (Å²) in [7, 11) is 1.27. The highest BCUT2D eigenvalue weighted by Crippen LogP contribution is 2.45. The third-order valence-corrected chi connectivity index (χ3v) is 7.15. The molecule has 0 saturated heterocycles. The normalized spacial score (nSPS) is 19.5. The molecule has 1 heterocycles. The molecule has 1 fully saturated rings. The Morgan fingerprint density at radius 2 is 1.94 bits per heavy atom. The Labute approximate surface area is 211 Å². The highest BCUT2D eigenvalue weighted by molar-refractivity contribution is 5.76. The number of benzene rings is 2. The van der Waals surface area contributed by atoms with E-state index in [2.05, 4.69) is 18.1 Å². The number of carbonyl (C=O) groups excluding carboxylic acids is 1. The molecule has 0 spiro atoms. The third-order valence-electron chi connectivity index (χ3n) is 7.15. The summed E-state index contributed by atoms with van der Waals surface area (Å²) in [6.07, 6.45) is 7.71. The van der Waals surface area contributed by atoms with Crippen molar-refractivity contribution in [3.63, 3.8) is 0 Å². The maximum atomic E-state index is 13.5. The van der Waals surface area contributed by atoms with Crippen molar-refractivity contribution in [1.29, 1.82) is 0 Å². The number of ether oxygens (including phenoxy) is 1. The molecule has 3 aromatic rings. The Hall–Kier alpha value is -3.29. The first-order valence-corrected chi connectivity index (χ1v) is 12.3. The number of rotatable bonds is 9. The molecule has 1 aliphatic rings. The van der Waals surface area contributed by atoms with E-state index in [0.717, 1.165) is 54.6 Å². The van der Waals surface area contributed by atoms with E-state index < -0.39 is 12.1 Å². The van der Waals surface area contributed by atoms with E-state index >= 15 is 0 Å². The molecule has 4 rings (SSSR count). The Morgan fingerprint density at radius 1 is 1.19 bits per heavy atom. The van der Waals surface area contributed by atoms with Gasteiger partial charge in [0.1, 0.15) is 5.82 Å². The van der Waals surface area contributed by atoms with Gasteiger partial charge >= 0.3 is 5.97 Å². The number of nitrogens with zero attached hydrogens (tertiary/aromatic N) is 2. The number of esters is 1. The number of aliphatic hydroxyl groups is 2. The Kier molecular flexibility index (Phi) is 8.01. The smallest absolute Gasteiger partial charge is 0.339 e. The van der Waals surface area contributed by atoms with Crippen LogP contribution in [0.5, 0.6) is 0 Å². The Morgan fingerprint density at radius 3 is 2.67 bits per heavy atom. The predicted molar refractivity (Wildman–Crippen MR) is 136 cm³/mol. The van der Waals surface area contributed by atoms with Gasteiger partial charge in [-0.25, -0.2) is 13.9 Å². The molecule has 0 amide bonds. The molecule has 2 N–H and O–H groups in total. The van der Waals surface area contributed by atoms with Crippen molar-refractivity contribution in [2.45, 2.75) is 51.6 Å². The van der Waals surface area contributed by atoms with Gasteiger partial charge in [0.25, 0.3) is 0 Å². The minimum atomic E-state index is -1.28. The monoisotopic (exact) mass is 492 g/mol. The van der Waals surface area contributed by atoms with E-state index in [4.69, 9.17) is 4.74 Å². The summed E-state index contributed by atoms with van der Waals surface area (Å²) in [5, 5.41) is 24.4. The number of methoxy groups -OCH3 is 1. The van der Waals surface area contributed by atoms with Crippen molar-refractivity contribution in [3.05, 3.63) is 88.5 Å². The first-order valence-electron chi connectivity index (χ1n) is 12.3. The van der Waals surface area contributed by atoms with E-state index in [0.29, 0.717) is 12.0 Å². The van der Waals surface area contributed by atoms with Crippen LogP contribution in [0, 0.1) is 11.2 Å². The van der Waals surface area contributed by atoms with Crippen LogP contribution in [0.1, 0.15) is 61.1 Å². The van der Waals surface area contributed by atoms with Gasteiger partial charge in [-0.2, -0.15) is 5.10 Å². The van der Waals surface area contributed by atoms with E-state index in [1.54, 1.807) is 29.1 Å². The largest absolute Gasteiger partial charge is 0.467 e. The molecule has 2 aromatic carbocycles. The molecular formula is C29H33FN2O4. The Balaban J connectivity index is 1.52. The zero-order valence-corrected chi connectivity index (χ0v) is 20.8. The second-order valence-corrected chi connectivity index (χ2v) is 9.83. The van der Waals surface area contributed by atoms with E-state index in [9.17, 15) is 19.4 Å². The van der Waals surface area contributed by atoms with Gasteiger partial charge in [-0.05, 0) is 85.4 Å². The van der Waals surface area contributed by atoms with Gasteiger partial charge in [-0.15, -0.1) is 0 Å². The molecule has 0 radical (unpaired) electrons. The minimum absolute atomic E-state index is 0.0276. The summed E-state index contributed by atoms with van der Waals surface area (Å²) in [6, 6.07) is 13.7. The molecule has 0 aliphatic heterocycles. The van der Waals surface area contributed by atoms with Crippen LogP contribution in [0.15, 0.2) is 60.3 Å². The van der Waals surface area contributed by atoms with Crippen LogP contribution in [-0.4, -0.2) is 39.7 Å². The minimum Gasteiger partial charge on any atom is -0.467 e. The van der Waals surface area contributed by atoms with Gasteiger partial charge in [-0.3, -0.25) is 0 Å². The molecule has 7 heteroatoms. The number of carbonyl (C=O) groups is 1. The average molecular weight is 493 g/mol. The molecule has 2 unspecified atom stereocenters. The second-order valence-electron chi connectivity index (χ2n) is 9.83. The number of aromatic nitrogens is 2. The summed E-state index contributed by atoms with van der Waals surface area (Å²) >= 11 is 0. The fraction of sp³-hybridized carbons (Fsp3) is 0.379. The van der Waals surface area contributed by atoms with Crippen molar-refractivity contribution in [2.24, 2.45) is 5.41 Å². The van der Waals surface area contributed by atoms with Crippen molar-refractivity contribution in [1.82, 2.24) is 9.78 Å². The van der Waals surface area contributed by atoms with Gasteiger partial charge in [0.2, 0.25) is 0 Å². The maximum absolute atomic E-state index is 13.5. The predicted octanol–water partition coefficient (Wildman–Crippen LogP) is 4.96. The zero-order valence-electron chi connectivity index (χ0n) is 20.8. The summed E-state index contributed by atoms with van der Waals surface area (Å²) in [5.41, 5.74) is 5.58. The van der Waals surface area contributed by atoms with Crippen molar-refractivity contribution in [2.75, 3.05) is 13.7 Å². The SMILES string of the molecule is COC(=O)C(O)c1ccccc1CCC1(C)CC/C(=C/c2c(CCO)cnn2-c2ccc(F)cc2)C1. The summed E-state index contributed by atoms with van der Waals surface area (Å²) in [5.74, 6) is -0.954. The number of aryl methyl sites for hydroxylation is 1. The summed E-state index contributed by atoms with van der Waals surface area (Å²) in [6.45, 7) is 2.30. The molecule has 1 aromatic heterocycles. The molecule has 1 aliphatic carbocycles. The fourth-order valence-electron chi connectivity index (χ4n) is 5.07. The number of halogens is 1. The molecule has 1 saturated carbocycles. The van der Waals surface area contributed by atoms with Crippen LogP contribution in [0.3, 0.4) is 0 Å². The zero-order chi connectivity index (χ0) is 25.7. The lowest BCUT2D eigenvalue weighted by atomic mass is 9.81. The molecule has 190 valence electrons. The number of allylic oxidation sites excluding steroid dienone is 1. The highest BCUT2D eigenvalue weighted by atomic mass is 19.1. The van der Waals surface area contributed by atoms with E-state index in [1.165, 1.54) is 24.8 Å². The lowest BCUT2D eigenvalue weighted by Gasteiger charge is -2.24. The molecule has 2 atom stereocenters. The lowest BCUT2D eigenvalue weighted by Crippen LogP contribution is -2.17. The fourth-order valence-corrected chi connectivity index (χ4v) is 5.07. The van der Waals surface area contributed by atoms with Gasteiger partial charge < -0.3 is 14.9 Å². The van der Waals surface area contributed by atoms with Crippen LogP contribution < -0.4 is 0 Å². The van der Waals surface area contributed by atoms with Crippen LogP contribution in [-0.2, 0) is 22.4 Å². The molecular weight excluding hydrogens is 459 g/mol. The van der Waals surface area contributed by atoms with Crippen LogP contribution in [0.2, 0.25) is 0 Å². The molecule has 36 heavy (non-hydrogen) atoms. The standard InChI is InChI=1S/C29H33FN2O4/c1-29(15-12-21-5-3-4-6-25(21)27(34)28(35)36-2)14-11-20(18-29)17-26-22(13-16-33)19-31-32(26)24-9-7-23(30)8-10-24/h3-10,17,19,27,33-34H,11-16,18H2,1-2H3/b20-17-. The first-order chi connectivity index (χ1) is 17.3. The first kappa shape index (κ1) is 25.8. The highest BCUT2D eigenvalue weighted by Gasteiger charge is 2.32. The van der Waals surface area contributed by atoms with Crippen LogP contribution in [0.4, 0.5) is 4.39 Å². The van der Waals surface area contributed by atoms with E-state index in [-0.39, 0.29) is 17.8 Å². The number of aliphatic hydroxyl groups excluding tert-OH is 2. The number of hydrogen-bond donors (Lipinski definition) is 2. The molecule has 0 bridgehead atoms. The summed E-state index contributed by atoms with van der Waals surface area (Å²) < 4.78 is 20.0. The summed E-state index contributed by atoms with van der Waals surface area (Å²) in [4.78, 5) is 11.9. The topological polar surface area (TPSA) is 84.6 Å². The molecule has 6 nitrogen and oxygen atoms in total.